The lowest BCUT2D eigenvalue weighted by Gasteiger charge is -2.27. The van der Waals surface area contributed by atoms with Crippen molar-refractivity contribution in [3.8, 4) is 23.0 Å². The summed E-state index contributed by atoms with van der Waals surface area (Å²) >= 11 is 4.76. The van der Waals surface area contributed by atoms with Crippen molar-refractivity contribution < 1.29 is 28.5 Å². The van der Waals surface area contributed by atoms with E-state index < -0.39 is 12.0 Å². The summed E-state index contributed by atoms with van der Waals surface area (Å²) in [6, 6.07) is 8.10. The van der Waals surface area contributed by atoms with Crippen LogP contribution < -0.4 is 33.8 Å². The van der Waals surface area contributed by atoms with Crippen LogP contribution in [-0.4, -0.2) is 45.6 Å². The van der Waals surface area contributed by atoms with E-state index in [1.165, 1.54) is 15.9 Å². The number of rotatable bonds is 10. The highest BCUT2D eigenvalue weighted by Crippen LogP contribution is 2.39. The Balaban J connectivity index is 2.05. The predicted molar refractivity (Wildman–Crippen MR) is 156 cm³/mol. The molecular weight excluding hydrogens is 600 g/mol. The molecule has 1 aliphatic rings. The van der Waals surface area contributed by atoms with Crippen LogP contribution in [-0.2, 0) is 9.53 Å². The number of ether oxygens (including phenoxy) is 5. The molecule has 2 aromatic carbocycles. The molecule has 1 atom stereocenters. The van der Waals surface area contributed by atoms with Crippen molar-refractivity contribution in [1.29, 1.82) is 0 Å². The van der Waals surface area contributed by atoms with Crippen LogP contribution in [0.4, 0.5) is 0 Å². The molecule has 0 radical (unpaired) electrons. The van der Waals surface area contributed by atoms with Gasteiger partial charge in [0, 0.05) is 5.56 Å². The second-order valence-corrected chi connectivity index (χ2v) is 10.6. The first-order valence-electron chi connectivity index (χ1n) is 12.7. The molecule has 0 saturated carbocycles. The van der Waals surface area contributed by atoms with E-state index in [1.54, 1.807) is 65.7 Å². The first kappa shape index (κ1) is 29.4. The van der Waals surface area contributed by atoms with E-state index in [-0.39, 0.29) is 12.2 Å². The van der Waals surface area contributed by atoms with Crippen LogP contribution in [0.1, 0.15) is 43.9 Å². The minimum atomic E-state index is -0.832. The largest absolute Gasteiger partial charge is 0.497 e. The molecule has 1 aromatic heterocycles. The summed E-state index contributed by atoms with van der Waals surface area (Å²) in [4.78, 5) is 32.8. The quantitative estimate of drug-likeness (QED) is 0.307. The number of methoxy groups -OCH3 is 4. The molecule has 0 aliphatic carbocycles. The Morgan fingerprint density at radius 1 is 1.05 bits per heavy atom. The third-order valence-electron chi connectivity index (χ3n) is 6.38. The van der Waals surface area contributed by atoms with Crippen LogP contribution in [0.2, 0.25) is 0 Å². The van der Waals surface area contributed by atoms with E-state index in [9.17, 15) is 9.59 Å². The van der Waals surface area contributed by atoms with Gasteiger partial charge >= 0.3 is 5.97 Å². The number of carbonyl (C=O) groups excluding carboxylic acids is 1. The number of halogens is 1. The Labute approximate surface area is 244 Å². The molecule has 0 fully saturated rings. The number of thiazole rings is 1. The van der Waals surface area contributed by atoms with Crippen molar-refractivity contribution in [2.24, 2.45) is 4.99 Å². The zero-order valence-corrected chi connectivity index (χ0v) is 25.6. The molecule has 9 nitrogen and oxygen atoms in total. The van der Waals surface area contributed by atoms with Crippen LogP contribution in [0.3, 0.4) is 0 Å². The summed E-state index contributed by atoms with van der Waals surface area (Å²) in [7, 11) is 6.21. The Morgan fingerprint density at radius 2 is 1.80 bits per heavy atom. The minimum Gasteiger partial charge on any atom is -0.497 e. The zero-order chi connectivity index (χ0) is 29.0. The average Bonchev–Trinajstić information content (AvgIpc) is 3.25. The first-order chi connectivity index (χ1) is 19.3. The topological polar surface area (TPSA) is 97.6 Å². The SMILES string of the molecule is CCCC1=C(C(=O)OCC)C(c2cc(OC)ccc2OC)n2c(s/c(=C\c3cc(Br)c(OC)c(OC)c3)c2=O)=N1. The maximum absolute atomic E-state index is 14.1. The second-order valence-electron chi connectivity index (χ2n) is 8.76. The lowest BCUT2D eigenvalue weighted by atomic mass is 9.93. The number of fused-ring (bicyclic) bond motifs is 1. The molecule has 1 unspecified atom stereocenters. The van der Waals surface area contributed by atoms with Gasteiger partial charge in [-0.1, -0.05) is 24.7 Å². The third-order valence-corrected chi connectivity index (χ3v) is 7.95. The molecule has 212 valence electrons. The summed E-state index contributed by atoms with van der Waals surface area (Å²) in [5.74, 6) is 1.61. The van der Waals surface area contributed by atoms with Gasteiger partial charge in [0.1, 0.15) is 17.5 Å². The lowest BCUT2D eigenvalue weighted by Crippen LogP contribution is -2.40. The molecular formula is C29H31BrN2O7S. The number of benzene rings is 2. The smallest absolute Gasteiger partial charge is 0.338 e. The van der Waals surface area contributed by atoms with Crippen LogP contribution in [0, 0.1) is 0 Å². The fraction of sp³-hybridized carbons (Fsp3) is 0.345. The van der Waals surface area contributed by atoms with Crippen molar-refractivity contribution in [3.63, 3.8) is 0 Å². The standard InChI is InChI=1S/C29H31BrN2O7S/c1-7-9-20-24(28(34)39-8-2)25(18-15-17(35-3)10-11-21(18)36-4)32-27(33)23(40-29(32)31-20)14-16-12-19(30)26(38-6)22(13-16)37-5/h10-15,25H,7-9H2,1-6H3/b23-14-. The van der Waals surface area contributed by atoms with Crippen LogP contribution >= 0.6 is 27.3 Å². The second kappa shape index (κ2) is 12.7. The van der Waals surface area contributed by atoms with E-state index in [1.807, 2.05) is 13.0 Å². The number of hydrogen-bond acceptors (Lipinski definition) is 9. The molecule has 2 heterocycles. The summed E-state index contributed by atoms with van der Waals surface area (Å²) < 4.78 is 30.2. The van der Waals surface area contributed by atoms with E-state index in [0.717, 1.165) is 12.0 Å². The van der Waals surface area contributed by atoms with E-state index in [4.69, 9.17) is 28.7 Å². The van der Waals surface area contributed by atoms with Gasteiger partial charge in [0.25, 0.3) is 5.56 Å². The molecule has 0 spiro atoms. The van der Waals surface area contributed by atoms with Crippen LogP contribution in [0.15, 0.2) is 55.9 Å². The Morgan fingerprint density at radius 3 is 2.42 bits per heavy atom. The number of esters is 1. The number of hydrogen-bond donors (Lipinski definition) is 0. The van der Waals surface area contributed by atoms with Gasteiger partial charge in [-0.2, -0.15) is 0 Å². The van der Waals surface area contributed by atoms with Crippen molar-refractivity contribution in [1.82, 2.24) is 4.57 Å². The fourth-order valence-electron chi connectivity index (χ4n) is 4.64. The number of aromatic nitrogens is 1. The summed E-state index contributed by atoms with van der Waals surface area (Å²) in [6.07, 6.45) is 3.05. The summed E-state index contributed by atoms with van der Waals surface area (Å²) in [5, 5.41) is 0. The molecule has 0 bridgehead atoms. The van der Waals surface area contributed by atoms with Gasteiger partial charge in [-0.3, -0.25) is 9.36 Å². The maximum atomic E-state index is 14.1. The summed E-state index contributed by atoms with van der Waals surface area (Å²) in [5.41, 5.74) is 1.90. The highest BCUT2D eigenvalue weighted by molar-refractivity contribution is 9.10. The minimum absolute atomic E-state index is 0.183. The van der Waals surface area contributed by atoms with E-state index in [0.29, 0.717) is 60.1 Å². The molecule has 1 aliphatic heterocycles. The van der Waals surface area contributed by atoms with Crippen molar-refractivity contribution in [3.05, 3.63) is 76.9 Å². The molecule has 11 heteroatoms. The van der Waals surface area contributed by atoms with E-state index >= 15 is 0 Å². The van der Waals surface area contributed by atoms with E-state index in [2.05, 4.69) is 15.9 Å². The Hall–Kier alpha value is -3.57. The van der Waals surface area contributed by atoms with Gasteiger partial charge < -0.3 is 23.7 Å². The normalized spacial score (nSPS) is 14.9. The molecule has 0 N–H and O–H groups in total. The Bertz CT molecular complexity index is 1640. The molecule has 0 saturated heterocycles. The number of nitrogens with zero attached hydrogens (tertiary/aromatic N) is 2. The highest BCUT2D eigenvalue weighted by Gasteiger charge is 2.36. The third kappa shape index (κ3) is 5.53. The van der Waals surface area contributed by atoms with Crippen molar-refractivity contribution >= 4 is 39.3 Å². The molecule has 3 aromatic rings. The van der Waals surface area contributed by atoms with Gasteiger partial charge in [-0.05, 0) is 71.2 Å². The van der Waals surface area contributed by atoms with Crippen molar-refractivity contribution in [2.45, 2.75) is 32.7 Å². The first-order valence-corrected chi connectivity index (χ1v) is 14.3. The van der Waals surface area contributed by atoms with Gasteiger partial charge in [-0.15, -0.1) is 0 Å². The molecule has 0 amide bonds. The zero-order valence-electron chi connectivity index (χ0n) is 23.2. The van der Waals surface area contributed by atoms with Crippen LogP contribution in [0.25, 0.3) is 6.08 Å². The fourth-order valence-corrected chi connectivity index (χ4v) is 6.28. The lowest BCUT2D eigenvalue weighted by molar-refractivity contribution is -0.139. The number of carbonyl (C=O) groups is 1. The van der Waals surface area contributed by atoms with Gasteiger partial charge in [0.2, 0.25) is 0 Å². The highest BCUT2D eigenvalue weighted by atomic mass is 79.9. The Kier molecular flexibility index (Phi) is 9.36. The average molecular weight is 632 g/mol. The van der Waals surface area contributed by atoms with Crippen molar-refractivity contribution in [2.75, 3.05) is 35.0 Å². The number of allylic oxidation sites excluding steroid dienone is 1. The molecule has 4 rings (SSSR count). The molecule has 40 heavy (non-hydrogen) atoms. The van der Waals surface area contributed by atoms with Crippen LogP contribution in [0.5, 0.6) is 23.0 Å². The van der Waals surface area contributed by atoms with Gasteiger partial charge in [-0.25, -0.2) is 9.79 Å². The predicted octanol–water partition coefficient (Wildman–Crippen LogP) is 4.38. The summed E-state index contributed by atoms with van der Waals surface area (Å²) in [6.45, 7) is 3.94. The van der Waals surface area contributed by atoms with Gasteiger partial charge in [0.05, 0.1) is 55.3 Å². The monoisotopic (exact) mass is 630 g/mol. The maximum Gasteiger partial charge on any atom is 0.338 e. The van der Waals surface area contributed by atoms with Gasteiger partial charge in [0.15, 0.2) is 16.3 Å².